The summed E-state index contributed by atoms with van der Waals surface area (Å²) in [7, 11) is 0. The first-order valence-corrected chi connectivity index (χ1v) is 2.43. The van der Waals surface area contributed by atoms with E-state index in [0.29, 0.717) is 5.82 Å². The molecule has 0 aliphatic rings. The standard InChI is InChI=1S/C6H7N2.Na/c1-5-2-3-6(7)8-4-5;/h2-4H,1H3,(H-,7,8);/q-1;+1. The Morgan fingerprint density at radius 2 is 2.11 bits per heavy atom. The Labute approximate surface area is 76.8 Å². The number of nitrogens with one attached hydrogen (secondary N) is 1. The molecule has 0 amide bonds. The van der Waals surface area contributed by atoms with Crippen LogP contribution in [0.5, 0.6) is 0 Å². The van der Waals surface area contributed by atoms with Gasteiger partial charge in [-0.05, 0) is 6.92 Å². The van der Waals surface area contributed by atoms with Gasteiger partial charge < -0.3 is 10.7 Å². The van der Waals surface area contributed by atoms with Gasteiger partial charge in [-0.3, -0.25) is 0 Å². The van der Waals surface area contributed by atoms with E-state index in [1.807, 2.05) is 13.0 Å². The summed E-state index contributed by atoms with van der Waals surface area (Å²) in [5.41, 5.74) is 8.08. The van der Waals surface area contributed by atoms with Gasteiger partial charge in [-0.1, -0.05) is 29.7 Å². The molecule has 0 saturated heterocycles. The Hall–Kier alpha value is -0.0500. The van der Waals surface area contributed by atoms with E-state index in [1.165, 1.54) is 0 Å². The van der Waals surface area contributed by atoms with Crippen molar-refractivity contribution < 1.29 is 29.6 Å². The molecule has 1 rings (SSSR count). The molecule has 2 nitrogen and oxygen atoms in total. The average molecular weight is 130 g/mol. The zero-order chi connectivity index (χ0) is 5.98. The van der Waals surface area contributed by atoms with Crippen molar-refractivity contribution >= 4 is 5.82 Å². The Morgan fingerprint density at radius 1 is 1.44 bits per heavy atom. The maximum absolute atomic E-state index is 6.98. The summed E-state index contributed by atoms with van der Waals surface area (Å²) in [6, 6.07) is 3.55. The van der Waals surface area contributed by atoms with Crippen LogP contribution in [0.1, 0.15) is 5.56 Å². The molecule has 0 atom stereocenters. The van der Waals surface area contributed by atoms with E-state index in [-0.39, 0.29) is 29.6 Å². The van der Waals surface area contributed by atoms with Gasteiger partial charge in [0.2, 0.25) is 0 Å². The smallest absolute Gasteiger partial charge is 0.482 e. The van der Waals surface area contributed by atoms with E-state index in [9.17, 15) is 0 Å². The van der Waals surface area contributed by atoms with Gasteiger partial charge in [-0.15, -0.1) is 0 Å². The predicted molar refractivity (Wildman–Crippen MR) is 33.0 cm³/mol. The Bertz CT molecular complexity index is 150. The van der Waals surface area contributed by atoms with Crippen molar-refractivity contribution in [3.63, 3.8) is 0 Å². The number of hydrogen-bond acceptors (Lipinski definition) is 1. The van der Waals surface area contributed by atoms with E-state index in [1.54, 1.807) is 12.3 Å². The molecule has 0 spiro atoms. The molecule has 0 aliphatic carbocycles. The summed E-state index contributed by atoms with van der Waals surface area (Å²) in [5.74, 6) is 0.329. The van der Waals surface area contributed by atoms with Crippen molar-refractivity contribution in [1.29, 1.82) is 0 Å². The molecule has 1 heterocycles. The molecule has 3 heteroatoms. The molecule has 0 fully saturated rings. The molecule has 0 unspecified atom stereocenters. The second kappa shape index (κ2) is 3.88. The average Bonchev–Trinajstić information content (AvgIpc) is 1.77. The van der Waals surface area contributed by atoms with Gasteiger partial charge in [0.15, 0.2) is 0 Å². The van der Waals surface area contributed by atoms with Crippen molar-refractivity contribution in [1.82, 2.24) is 4.98 Å². The van der Waals surface area contributed by atoms with Crippen LogP contribution in [0.3, 0.4) is 0 Å². The molecular formula is C6H7N2Na. The largest absolute Gasteiger partial charge is 1.00 e. The van der Waals surface area contributed by atoms with Gasteiger partial charge in [0.05, 0.1) is 0 Å². The Balaban J connectivity index is 0.000000640. The summed E-state index contributed by atoms with van der Waals surface area (Å²) >= 11 is 0. The molecule has 1 N–H and O–H groups in total. The van der Waals surface area contributed by atoms with Crippen molar-refractivity contribution in [3.8, 4) is 0 Å². The first-order chi connectivity index (χ1) is 3.79. The zero-order valence-corrected chi connectivity index (χ0v) is 7.68. The Morgan fingerprint density at radius 3 is 2.44 bits per heavy atom. The topological polar surface area (TPSA) is 36.7 Å². The summed E-state index contributed by atoms with van der Waals surface area (Å²) in [4.78, 5) is 3.75. The molecule has 42 valence electrons. The third kappa shape index (κ3) is 2.84. The monoisotopic (exact) mass is 130 g/mol. The van der Waals surface area contributed by atoms with Gasteiger partial charge in [0.1, 0.15) is 0 Å². The SMILES string of the molecule is Cc1ccc([NH-])nc1.[Na+]. The van der Waals surface area contributed by atoms with Crippen LogP contribution in [-0.2, 0) is 0 Å². The van der Waals surface area contributed by atoms with Gasteiger partial charge >= 0.3 is 29.6 Å². The summed E-state index contributed by atoms with van der Waals surface area (Å²) in [6.45, 7) is 1.95. The minimum absolute atomic E-state index is 0. The normalized spacial score (nSPS) is 8.11. The van der Waals surface area contributed by atoms with Crippen LogP contribution in [0.15, 0.2) is 18.3 Å². The fourth-order valence-electron chi connectivity index (χ4n) is 0.468. The summed E-state index contributed by atoms with van der Waals surface area (Å²) < 4.78 is 0. The third-order valence-corrected chi connectivity index (χ3v) is 0.911. The molecule has 0 saturated carbocycles. The number of aromatic nitrogens is 1. The second-order valence-electron chi connectivity index (χ2n) is 1.72. The second-order valence-corrected chi connectivity index (χ2v) is 1.72. The maximum Gasteiger partial charge on any atom is 1.00 e. The van der Waals surface area contributed by atoms with E-state index in [4.69, 9.17) is 5.73 Å². The van der Waals surface area contributed by atoms with Crippen LogP contribution in [0, 0.1) is 6.92 Å². The maximum atomic E-state index is 6.98. The molecule has 0 aliphatic heterocycles. The van der Waals surface area contributed by atoms with E-state index < -0.39 is 0 Å². The first-order valence-electron chi connectivity index (χ1n) is 2.43. The van der Waals surface area contributed by atoms with Crippen LogP contribution < -0.4 is 29.6 Å². The molecule has 0 bridgehead atoms. The van der Waals surface area contributed by atoms with E-state index >= 15 is 0 Å². The quantitative estimate of drug-likeness (QED) is 0.418. The van der Waals surface area contributed by atoms with Crippen LogP contribution >= 0.6 is 0 Å². The number of pyridine rings is 1. The predicted octanol–water partition coefficient (Wildman–Crippen LogP) is -0.922. The minimum atomic E-state index is 0. The van der Waals surface area contributed by atoms with Crippen molar-refractivity contribution in [2.24, 2.45) is 0 Å². The van der Waals surface area contributed by atoms with Crippen LogP contribution in [0.4, 0.5) is 5.82 Å². The zero-order valence-electron chi connectivity index (χ0n) is 5.68. The number of rotatable bonds is 0. The van der Waals surface area contributed by atoms with Gasteiger partial charge in [0, 0.05) is 0 Å². The van der Waals surface area contributed by atoms with Crippen molar-refractivity contribution in [2.45, 2.75) is 6.92 Å². The molecule has 1 aromatic rings. The first kappa shape index (κ1) is 8.95. The molecule has 1 aromatic heterocycles. The molecule has 0 radical (unpaired) electrons. The van der Waals surface area contributed by atoms with Crippen LogP contribution in [0.25, 0.3) is 5.73 Å². The third-order valence-electron chi connectivity index (χ3n) is 0.911. The van der Waals surface area contributed by atoms with Gasteiger partial charge in [0.25, 0.3) is 0 Å². The fourth-order valence-corrected chi connectivity index (χ4v) is 0.468. The number of nitrogens with zero attached hydrogens (tertiary/aromatic N) is 1. The Kier molecular flexibility index (Phi) is 3.86. The summed E-state index contributed by atoms with van der Waals surface area (Å²) in [6.07, 6.45) is 1.68. The van der Waals surface area contributed by atoms with Crippen molar-refractivity contribution in [2.75, 3.05) is 0 Å². The minimum Gasteiger partial charge on any atom is -0.482 e. The number of aryl methyl sites for hydroxylation is 1. The number of hydrogen-bond donors (Lipinski definition) is 0. The molecule has 9 heavy (non-hydrogen) atoms. The molecular weight excluding hydrogens is 123 g/mol. The molecule has 0 aromatic carbocycles. The fraction of sp³-hybridized carbons (Fsp3) is 0.167. The van der Waals surface area contributed by atoms with Crippen molar-refractivity contribution in [3.05, 3.63) is 29.6 Å². The van der Waals surface area contributed by atoms with E-state index in [2.05, 4.69) is 4.98 Å². The van der Waals surface area contributed by atoms with E-state index in [0.717, 1.165) is 5.56 Å². The van der Waals surface area contributed by atoms with Crippen LogP contribution in [0.2, 0.25) is 0 Å². The van der Waals surface area contributed by atoms with Crippen LogP contribution in [-0.4, -0.2) is 4.98 Å². The van der Waals surface area contributed by atoms with Gasteiger partial charge in [-0.2, -0.15) is 0 Å². The summed E-state index contributed by atoms with van der Waals surface area (Å²) in [5, 5.41) is 0. The van der Waals surface area contributed by atoms with Gasteiger partial charge in [-0.25, -0.2) is 0 Å².